The summed E-state index contributed by atoms with van der Waals surface area (Å²) in [6.45, 7) is 1.57. The Morgan fingerprint density at radius 3 is 2.06 bits per heavy atom. The number of benzene rings is 1. The zero-order valence-electron chi connectivity index (χ0n) is 8.79. The van der Waals surface area contributed by atoms with E-state index in [-0.39, 0.29) is 5.56 Å². The van der Waals surface area contributed by atoms with E-state index in [0.717, 1.165) is 18.4 Å². The molecule has 0 spiro atoms. The van der Waals surface area contributed by atoms with Gasteiger partial charge in [-0.1, -0.05) is 0 Å². The van der Waals surface area contributed by atoms with E-state index in [9.17, 15) is 17.2 Å². The Kier molecular flexibility index (Phi) is 3.49. The van der Waals surface area contributed by atoms with Gasteiger partial charge in [0, 0.05) is 6.04 Å². The van der Waals surface area contributed by atoms with Gasteiger partial charge in [0.25, 0.3) is 0 Å². The second-order valence-electron chi connectivity index (χ2n) is 3.52. The predicted octanol–water partition coefficient (Wildman–Crippen LogP) is 1.36. The summed E-state index contributed by atoms with van der Waals surface area (Å²) in [5, 5.41) is 0. The molecule has 3 N–H and O–H groups in total. The topological polar surface area (TPSA) is 72.2 Å². The van der Waals surface area contributed by atoms with Crippen molar-refractivity contribution in [2.75, 3.05) is 11.0 Å². The summed E-state index contributed by atoms with van der Waals surface area (Å²) in [5.41, 5.74) is 5.03. The van der Waals surface area contributed by atoms with Crippen molar-refractivity contribution >= 4 is 15.7 Å². The van der Waals surface area contributed by atoms with Crippen molar-refractivity contribution < 1.29 is 17.2 Å². The van der Waals surface area contributed by atoms with Crippen molar-refractivity contribution in [3.05, 3.63) is 29.3 Å². The van der Waals surface area contributed by atoms with Crippen molar-refractivity contribution in [1.29, 1.82) is 0 Å². The lowest BCUT2D eigenvalue weighted by Gasteiger charge is -2.11. The van der Waals surface area contributed by atoms with Gasteiger partial charge in [0.1, 0.15) is 5.69 Å². The van der Waals surface area contributed by atoms with Crippen LogP contribution in [0.1, 0.15) is 18.5 Å². The van der Waals surface area contributed by atoms with E-state index in [1.54, 1.807) is 11.6 Å². The van der Waals surface area contributed by atoms with Gasteiger partial charge in [0.05, 0.1) is 6.26 Å². The van der Waals surface area contributed by atoms with Gasteiger partial charge in [-0.15, -0.1) is 0 Å². The molecule has 0 fully saturated rings. The smallest absolute Gasteiger partial charge is 0.230 e. The fourth-order valence-electron chi connectivity index (χ4n) is 1.14. The van der Waals surface area contributed by atoms with E-state index in [4.69, 9.17) is 5.73 Å². The lowest BCUT2D eigenvalue weighted by Crippen LogP contribution is -2.14. The minimum Gasteiger partial charge on any atom is -0.324 e. The van der Waals surface area contributed by atoms with Crippen LogP contribution in [-0.4, -0.2) is 14.7 Å². The minimum atomic E-state index is -3.72. The average Bonchev–Trinajstić information content (AvgIpc) is 2.09. The van der Waals surface area contributed by atoms with Crippen LogP contribution in [0.3, 0.4) is 0 Å². The van der Waals surface area contributed by atoms with E-state index in [1.807, 2.05) is 0 Å². The SMILES string of the molecule is C[C@@H](N)c1cc(F)c(NS(C)(=O)=O)c(F)c1. The van der Waals surface area contributed by atoms with Crippen LogP contribution in [0.2, 0.25) is 0 Å². The normalized spacial score (nSPS) is 13.6. The lowest BCUT2D eigenvalue weighted by molar-refractivity contribution is 0.579. The summed E-state index contributed by atoms with van der Waals surface area (Å²) in [4.78, 5) is 0. The first-order chi connectivity index (χ1) is 7.20. The summed E-state index contributed by atoms with van der Waals surface area (Å²) < 4.78 is 50.2. The van der Waals surface area contributed by atoms with Crippen LogP contribution in [0.5, 0.6) is 0 Å². The Labute approximate surface area is 92.5 Å². The Hall–Kier alpha value is -1.21. The molecule has 90 valence electrons. The van der Waals surface area contributed by atoms with Gasteiger partial charge in [-0.05, 0) is 24.6 Å². The maximum atomic E-state index is 13.4. The zero-order valence-corrected chi connectivity index (χ0v) is 9.61. The molecule has 7 heteroatoms. The monoisotopic (exact) mass is 250 g/mol. The highest BCUT2D eigenvalue weighted by Gasteiger charge is 2.15. The van der Waals surface area contributed by atoms with Crippen molar-refractivity contribution in [2.24, 2.45) is 5.73 Å². The van der Waals surface area contributed by atoms with Crippen LogP contribution >= 0.6 is 0 Å². The first-order valence-electron chi connectivity index (χ1n) is 4.43. The molecule has 1 rings (SSSR count). The number of nitrogens with one attached hydrogen (secondary N) is 1. The van der Waals surface area contributed by atoms with Gasteiger partial charge in [0.15, 0.2) is 11.6 Å². The van der Waals surface area contributed by atoms with Crippen molar-refractivity contribution in [2.45, 2.75) is 13.0 Å². The van der Waals surface area contributed by atoms with E-state index in [2.05, 4.69) is 0 Å². The van der Waals surface area contributed by atoms with Crippen LogP contribution in [0.15, 0.2) is 12.1 Å². The third-order valence-electron chi connectivity index (χ3n) is 1.88. The first kappa shape index (κ1) is 12.9. The molecule has 0 aromatic heterocycles. The Balaban J connectivity index is 3.23. The molecule has 0 heterocycles. The van der Waals surface area contributed by atoms with Crippen LogP contribution in [0.4, 0.5) is 14.5 Å². The maximum Gasteiger partial charge on any atom is 0.230 e. The summed E-state index contributed by atoms with van der Waals surface area (Å²) in [5.74, 6) is -1.98. The van der Waals surface area contributed by atoms with Gasteiger partial charge in [0.2, 0.25) is 10.0 Å². The highest BCUT2D eigenvalue weighted by Crippen LogP contribution is 2.23. The Bertz CT molecular complexity index is 477. The third-order valence-corrected chi connectivity index (χ3v) is 2.45. The third kappa shape index (κ3) is 3.14. The number of hydrogen-bond acceptors (Lipinski definition) is 3. The predicted molar refractivity (Wildman–Crippen MR) is 57.4 cm³/mol. The minimum absolute atomic E-state index is 0.258. The summed E-state index contributed by atoms with van der Waals surface area (Å²) >= 11 is 0. The fourth-order valence-corrected chi connectivity index (χ4v) is 1.70. The average molecular weight is 250 g/mol. The van der Waals surface area contributed by atoms with E-state index >= 15 is 0 Å². The quantitative estimate of drug-likeness (QED) is 0.850. The molecule has 0 unspecified atom stereocenters. The summed E-state index contributed by atoms with van der Waals surface area (Å²) in [6.07, 6.45) is 0.811. The number of sulfonamides is 1. The molecule has 0 aliphatic rings. The highest BCUT2D eigenvalue weighted by atomic mass is 32.2. The van der Waals surface area contributed by atoms with Gasteiger partial charge < -0.3 is 5.73 Å². The van der Waals surface area contributed by atoms with Gasteiger partial charge in [-0.3, -0.25) is 4.72 Å². The van der Waals surface area contributed by atoms with Crippen molar-refractivity contribution in [3.63, 3.8) is 0 Å². The van der Waals surface area contributed by atoms with E-state index in [1.165, 1.54) is 0 Å². The summed E-state index contributed by atoms with van der Waals surface area (Å²) in [7, 11) is -3.72. The Morgan fingerprint density at radius 2 is 1.75 bits per heavy atom. The van der Waals surface area contributed by atoms with Crippen LogP contribution in [0.25, 0.3) is 0 Å². The number of nitrogens with two attached hydrogens (primary N) is 1. The number of halogens is 2. The molecular weight excluding hydrogens is 238 g/mol. The summed E-state index contributed by atoms with van der Waals surface area (Å²) in [6, 6.07) is 1.47. The second-order valence-corrected chi connectivity index (χ2v) is 5.27. The van der Waals surface area contributed by atoms with E-state index in [0.29, 0.717) is 0 Å². The number of anilines is 1. The Morgan fingerprint density at radius 1 is 1.31 bits per heavy atom. The molecule has 0 saturated heterocycles. The molecule has 1 aromatic carbocycles. The molecular formula is C9H12F2N2O2S. The number of hydrogen-bond donors (Lipinski definition) is 2. The molecule has 0 bridgehead atoms. The second kappa shape index (κ2) is 4.34. The molecule has 0 amide bonds. The van der Waals surface area contributed by atoms with Crippen LogP contribution in [0, 0.1) is 11.6 Å². The molecule has 0 aliphatic heterocycles. The molecule has 0 radical (unpaired) electrons. The largest absolute Gasteiger partial charge is 0.324 e. The molecule has 0 saturated carbocycles. The van der Waals surface area contributed by atoms with Gasteiger partial charge in [-0.2, -0.15) is 0 Å². The van der Waals surface area contributed by atoms with Crippen molar-refractivity contribution in [1.82, 2.24) is 0 Å². The fraction of sp³-hybridized carbons (Fsp3) is 0.333. The van der Waals surface area contributed by atoms with Crippen LogP contribution in [-0.2, 0) is 10.0 Å². The van der Waals surface area contributed by atoms with E-state index < -0.39 is 33.4 Å². The standard InChI is InChI=1S/C9H12F2N2O2S/c1-5(12)6-3-7(10)9(8(11)4-6)13-16(2,14)15/h3-5,13H,12H2,1-2H3/t5-/m1/s1. The maximum absolute atomic E-state index is 13.4. The molecule has 16 heavy (non-hydrogen) atoms. The molecule has 0 aliphatic carbocycles. The molecule has 1 atom stereocenters. The highest BCUT2D eigenvalue weighted by molar-refractivity contribution is 7.92. The van der Waals surface area contributed by atoms with Gasteiger partial charge >= 0.3 is 0 Å². The number of rotatable bonds is 3. The lowest BCUT2D eigenvalue weighted by atomic mass is 10.1. The van der Waals surface area contributed by atoms with Crippen molar-refractivity contribution in [3.8, 4) is 0 Å². The van der Waals surface area contributed by atoms with Gasteiger partial charge in [-0.25, -0.2) is 17.2 Å². The molecule has 4 nitrogen and oxygen atoms in total. The van der Waals surface area contributed by atoms with Crippen LogP contribution < -0.4 is 10.5 Å². The molecule has 1 aromatic rings. The first-order valence-corrected chi connectivity index (χ1v) is 6.32. The zero-order chi connectivity index (χ0) is 12.5.